The number of nitrogens with one attached hydrogen (secondary N) is 1. The number of aromatic nitrogens is 4. The summed E-state index contributed by atoms with van der Waals surface area (Å²) in [5, 5.41) is 20.7. The predicted octanol–water partition coefficient (Wildman–Crippen LogP) is 1.49. The second kappa shape index (κ2) is 4.73. The molecule has 0 atom stereocenters. The largest absolute Gasteiger partial charge is 0.481 e. The van der Waals surface area contributed by atoms with Gasteiger partial charge in [-0.2, -0.15) is 0 Å². The number of hydrogen-bond donors (Lipinski definition) is 2. The first-order chi connectivity index (χ1) is 9.62. The molecule has 1 aliphatic carbocycles. The quantitative estimate of drug-likeness (QED) is 0.878. The van der Waals surface area contributed by atoms with Gasteiger partial charge in [0.2, 0.25) is 5.65 Å². The van der Waals surface area contributed by atoms with E-state index in [1.165, 1.54) is 0 Å². The van der Waals surface area contributed by atoms with Crippen molar-refractivity contribution < 1.29 is 9.90 Å². The van der Waals surface area contributed by atoms with Gasteiger partial charge in [0.1, 0.15) is 5.82 Å². The van der Waals surface area contributed by atoms with E-state index in [0.29, 0.717) is 30.9 Å². The van der Waals surface area contributed by atoms with Gasteiger partial charge in [0.25, 0.3) is 0 Å². The third-order valence-electron chi connectivity index (χ3n) is 4.11. The summed E-state index contributed by atoms with van der Waals surface area (Å²) in [6.45, 7) is 2.24. The van der Waals surface area contributed by atoms with Crippen LogP contribution in [0.25, 0.3) is 5.65 Å². The first-order valence-electron chi connectivity index (χ1n) is 6.76. The van der Waals surface area contributed by atoms with Gasteiger partial charge >= 0.3 is 5.97 Å². The zero-order valence-electron chi connectivity index (χ0n) is 11.3. The Bertz CT molecular complexity index is 645. The molecule has 2 N–H and O–H groups in total. The van der Waals surface area contributed by atoms with E-state index in [4.69, 9.17) is 0 Å². The van der Waals surface area contributed by atoms with Crippen LogP contribution in [0.4, 0.5) is 5.82 Å². The van der Waals surface area contributed by atoms with Crippen molar-refractivity contribution in [2.45, 2.75) is 32.6 Å². The summed E-state index contributed by atoms with van der Waals surface area (Å²) in [7, 11) is 0. The second-order valence-electron chi connectivity index (χ2n) is 5.36. The molecule has 1 fully saturated rings. The Hall–Kier alpha value is -2.18. The van der Waals surface area contributed by atoms with Gasteiger partial charge in [-0.25, -0.2) is 4.98 Å². The molecule has 0 radical (unpaired) electrons. The molecule has 3 rings (SSSR count). The number of anilines is 1. The average molecular weight is 275 g/mol. The first kappa shape index (κ1) is 12.8. The molecule has 2 aromatic heterocycles. The van der Waals surface area contributed by atoms with Crippen molar-refractivity contribution in [3.63, 3.8) is 0 Å². The molecule has 1 saturated carbocycles. The number of aliphatic carboxylic acids is 1. The Morgan fingerprint density at radius 2 is 2.20 bits per heavy atom. The molecule has 2 aromatic rings. The second-order valence-corrected chi connectivity index (χ2v) is 5.36. The van der Waals surface area contributed by atoms with Gasteiger partial charge in [-0.3, -0.25) is 9.20 Å². The first-order valence-corrected chi connectivity index (χ1v) is 6.76. The summed E-state index contributed by atoms with van der Waals surface area (Å²) < 4.78 is 1.83. The van der Waals surface area contributed by atoms with Gasteiger partial charge < -0.3 is 10.4 Å². The van der Waals surface area contributed by atoms with Crippen molar-refractivity contribution in [2.24, 2.45) is 5.41 Å². The highest BCUT2D eigenvalue weighted by Gasteiger charge is 2.41. The van der Waals surface area contributed by atoms with Crippen LogP contribution < -0.4 is 5.32 Å². The lowest BCUT2D eigenvalue weighted by Crippen LogP contribution is -2.35. The molecule has 0 bridgehead atoms. The number of carboxylic acid groups (broad SMARTS) is 1. The molecule has 1 aliphatic rings. The third-order valence-corrected chi connectivity index (χ3v) is 4.11. The van der Waals surface area contributed by atoms with Crippen LogP contribution in [0, 0.1) is 12.3 Å². The molecule has 0 amide bonds. The van der Waals surface area contributed by atoms with Gasteiger partial charge in [0.15, 0.2) is 5.82 Å². The van der Waals surface area contributed by atoms with E-state index < -0.39 is 11.4 Å². The van der Waals surface area contributed by atoms with Crippen molar-refractivity contribution in [1.82, 2.24) is 19.6 Å². The van der Waals surface area contributed by atoms with Crippen LogP contribution in [0.2, 0.25) is 0 Å². The third kappa shape index (κ3) is 1.99. The summed E-state index contributed by atoms with van der Waals surface area (Å²) >= 11 is 0. The monoisotopic (exact) mass is 275 g/mol. The van der Waals surface area contributed by atoms with Crippen molar-refractivity contribution in [3.05, 3.63) is 18.2 Å². The Morgan fingerprint density at radius 3 is 2.90 bits per heavy atom. The van der Waals surface area contributed by atoms with E-state index >= 15 is 0 Å². The zero-order chi connectivity index (χ0) is 14.2. The van der Waals surface area contributed by atoms with E-state index in [9.17, 15) is 9.90 Å². The van der Waals surface area contributed by atoms with Crippen molar-refractivity contribution >= 4 is 17.4 Å². The minimum Gasteiger partial charge on any atom is -0.481 e. The highest BCUT2D eigenvalue weighted by Crippen LogP contribution is 2.38. The van der Waals surface area contributed by atoms with Gasteiger partial charge in [0, 0.05) is 18.9 Å². The molecule has 7 nitrogen and oxygen atoms in total. The molecule has 0 aromatic carbocycles. The van der Waals surface area contributed by atoms with Crippen LogP contribution >= 0.6 is 0 Å². The highest BCUT2D eigenvalue weighted by molar-refractivity contribution is 5.76. The van der Waals surface area contributed by atoms with E-state index in [1.54, 1.807) is 12.4 Å². The van der Waals surface area contributed by atoms with Gasteiger partial charge in [-0.15, -0.1) is 10.2 Å². The lowest BCUT2D eigenvalue weighted by Gasteiger charge is -2.24. The van der Waals surface area contributed by atoms with E-state index in [2.05, 4.69) is 20.5 Å². The Morgan fingerprint density at radius 1 is 1.45 bits per heavy atom. The summed E-state index contributed by atoms with van der Waals surface area (Å²) in [6, 6.07) is 0. The number of hydrogen-bond acceptors (Lipinski definition) is 5. The summed E-state index contributed by atoms with van der Waals surface area (Å²) in [5.74, 6) is 0.631. The molecule has 0 aliphatic heterocycles. The SMILES string of the molecule is Cc1nnc2c(NCC3(C(=O)O)CCCC3)nccn12. The molecule has 0 spiro atoms. The molecular weight excluding hydrogens is 258 g/mol. The summed E-state index contributed by atoms with van der Waals surface area (Å²) in [4.78, 5) is 15.8. The molecule has 106 valence electrons. The number of carbonyl (C=O) groups is 1. The van der Waals surface area contributed by atoms with E-state index in [1.807, 2.05) is 11.3 Å². The zero-order valence-corrected chi connectivity index (χ0v) is 11.3. The maximum atomic E-state index is 11.5. The smallest absolute Gasteiger partial charge is 0.311 e. The van der Waals surface area contributed by atoms with Crippen LogP contribution in [0.15, 0.2) is 12.4 Å². The summed E-state index contributed by atoms with van der Waals surface area (Å²) in [5.41, 5.74) is -0.0487. The van der Waals surface area contributed by atoms with Crippen LogP contribution in [-0.2, 0) is 4.79 Å². The van der Waals surface area contributed by atoms with E-state index in [0.717, 1.165) is 18.7 Å². The standard InChI is InChI=1S/C13H17N5O2/c1-9-16-17-11-10(14-6-7-18(9)11)15-8-13(12(19)20)4-2-3-5-13/h6-7H,2-5,8H2,1H3,(H,14,15)(H,19,20). The Balaban J connectivity index is 1.85. The van der Waals surface area contributed by atoms with Gasteiger partial charge in [0.05, 0.1) is 5.41 Å². The maximum absolute atomic E-state index is 11.5. The fourth-order valence-corrected chi connectivity index (χ4v) is 2.84. The van der Waals surface area contributed by atoms with E-state index in [-0.39, 0.29) is 0 Å². The Labute approximate surface area is 116 Å². The molecule has 0 saturated heterocycles. The van der Waals surface area contributed by atoms with Crippen molar-refractivity contribution in [3.8, 4) is 0 Å². The highest BCUT2D eigenvalue weighted by atomic mass is 16.4. The molecule has 2 heterocycles. The maximum Gasteiger partial charge on any atom is 0.311 e. The minimum atomic E-state index is -0.730. The molecule has 20 heavy (non-hydrogen) atoms. The number of fused-ring (bicyclic) bond motifs is 1. The normalized spacial score (nSPS) is 17.4. The molecule has 0 unspecified atom stereocenters. The fourth-order valence-electron chi connectivity index (χ4n) is 2.84. The minimum absolute atomic E-state index is 0.376. The van der Waals surface area contributed by atoms with Crippen LogP contribution in [0.1, 0.15) is 31.5 Å². The van der Waals surface area contributed by atoms with Crippen LogP contribution in [0.3, 0.4) is 0 Å². The molecule has 7 heteroatoms. The lowest BCUT2D eigenvalue weighted by molar-refractivity contribution is -0.147. The fraction of sp³-hybridized carbons (Fsp3) is 0.538. The number of aryl methyl sites for hydroxylation is 1. The Kier molecular flexibility index (Phi) is 3.04. The van der Waals surface area contributed by atoms with Crippen molar-refractivity contribution in [1.29, 1.82) is 0 Å². The number of nitrogens with zero attached hydrogens (tertiary/aromatic N) is 4. The van der Waals surface area contributed by atoms with Crippen LogP contribution in [0.5, 0.6) is 0 Å². The van der Waals surface area contributed by atoms with Crippen molar-refractivity contribution in [2.75, 3.05) is 11.9 Å². The average Bonchev–Trinajstić information content (AvgIpc) is 3.05. The lowest BCUT2D eigenvalue weighted by atomic mass is 9.86. The topological polar surface area (TPSA) is 92.4 Å². The number of carboxylic acids is 1. The van der Waals surface area contributed by atoms with Gasteiger partial charge in [-0.1, -0.05) is 12.8 Å². The van der Waals surface area contributed by atoms with Gasteiger partial charge in [-0.05, 0) is 19.8 Å². The summed E-state index contributed by atoms with van der Waals surface area (Å²) in [6.07, 6.45) is 6.81. The van der Waals surface area contributed by atoms with Crippen LogP contribution in [-0.4, -0.2) is 37.2 Å². The molecular formula is C13H17N5O2. The predicted molar refractivity (Wildman–Crippen MR) is 72.5 cm³/mol. The number of rotatable bonds is 4.